The lowest BCUT2D eigenvalue weighted by atomic mass is 10.2. The van der Waals surface area contributed by atoms with Crippen LogP contribution in [0.4, 0.5) is 0 Å². The molecule has 0 N–H and O–H groups in total. The number of fused-ring (bicyclic) bond motifs is 3. The van der Waals surface area contributed by atoms with Gasteiger partial charge in [0.2, 0.25) is 0 Å². The lowest BCUT2D eigenvalue weighted by molar-refractivity contribution is 1.12. The molecule has 70 valence electrons. The molecule has 1 aromatic carbocycles. The molecular formula is C11H6N4. The highest BCUT2D eigenvalue weighted by Crippen LogP contribution is 2.21. The highest BCUT2D eigenvalue weighted by molar-refractivity contribution is 6.02. The zero-order valence-electron chi connectivity index (χ0n) is 7.75. The first-order chi connectivity index (χ1) is 7.40. The number of hydrogen-bond acceptors (Lipinski definition) is 3. The van der Waals surface area contributed by atoms with Gasteiger partial charge < -0.3 is 0 Å². The molecule has 0 atom stereocenters. The third kappa shape index (κ3) is 1.00. The highest BCUT2D eigenvalue weighted by atomic mass is 15.0. The summed E-state index contributed by atoms with van der Waals surface area (Å²) in [6.45, 7) is 0. The summed E-state index contributed by atoms with van der Waals surface area (Å²) in [7, 11) is 0. The zero-order valence-corrected chi connectivity index (χ0v) is 7.75. The molecule has 0 unspecified atom stereocenters. The Balaban J connectivity index is 2.63. The van der Waals surface area contributed by atoms with Crippen LogP contribution in [0.25, 0.3) is 21.9 Å². The van der Waals surface area contributed by atoms with Crippen molar-refractivity contribution in [3.8, 4) is 6.19 Å². The minimum absolute atomic E-state index is 0.746. The van der Waals surface area contributed by atoms with Crippen LogP contribution in [-0.4, -0.2) is 14.5 Å². The van der Waals surface area contributed by atoms with Crippen molar-refractivity contribution in [3.05, 3.63) is 36.8 Å². The van der Waals surface area contributed by atoms with Crippen molar-refractivity contribution in [1.82, 2.24) is 14.5 Å². The molecule has 3 aromatic rings. The molecule has 2 heterocycles. The summed E-state index contributed by atoms with van der Waals surface area (Å²) in [4.78, 5) is 8.39. The number of benzene rings is 1. The van der Waals surface area contributed by atoms with E-state index in [0.717, 1.165) is 21.9 Å². The predicted molar refractivity (Wildman–Crippen MR) is 56.0 cm³/mol. The van der Waals surface area contributed by atoms with Crippen molar-refractivity contribution >= 4 is 21.9 Å². The van der Waals surface area contributed by atoms with E-state index in [0.29, 0.717) is 0 Å². The van der Waals surface area contributed by atoms with E-state index in [1.165, 1.54) is 10.9 Å². The lowest BCUT2D eigenvalue weighted by Gasteiger charge is -1.98. The number of hydrogen-bond donors (Lipinski definition) is 0. The Morgan fingerprint density at radius 1 is 1.13 bits per heavy atom. The lowest BCUT2D eigenvalue weighted by Crippen LogP contribution is -1.87. The number of aromatic nitrogens is 3. The van der Waals surface area contributed by atoms with Crippen LogP contribution in [0.15, 0.2) is 36.8 Å². The number of para-hydroxylation sites is 1. The average Bonchev–Trinajstić information content (AvgIpc) is 2.72. The molecule has 0 fully saturated rings. The van der Waals surface area contributed by atoms with Crippen LogP contribution < -0.4 is 0 Å². The summed E-state index contributed by atoms with van der Waals surface area (Å²) in [5.74, 6) is 0. The van der Waals surface area contributed by atoms with Crippen molar-refractivity contribution < 1.29 is 0 Å². The fourth-order valence-electron chi connectivity index (χ4n) is 1.72. The summed E-state index contributed by atoms with van der Waals surface area (Å²) < 4.78 is 1.46. The predicted octanol–water partition coefficient (Wildman–Crippen LogP) is 1.91. The molecule has 0 bridgehead atoms. The van der Waals surface area contributed by atoms with Crippen LogP contribution >= 0.6 is 0 Å². The Bertz CT molecular complexity index is 690. The quantitative estimate of drug-likeness (QED) is 0.549. The summed E-state index contributed by atoms with van der Waals surface area (Å²) in [6, 6.07) is 7.72. The Labute approximate surface area is 85.4 Å². The van der Waals surface area contributed by atoms with Crippen LogP contribution in [0, 0.1) is 11.5 Å². The van der Waals surface area contributed by atoms with Gasteiger partial charge in [-0.1, -0.05) is 18.2 Å². The maximum Gasteiger partial charge on any atom is 0.190 e. The molecule has 0 radical (unpaired) electrons. The van der Waals surface area contributed by atoms with Gasteiger partial charge in [-0.25, -0.2) is 9.55 Å². The molecule has 15 heavy (non-hydrogen) atoms. The zero-order chi connectivity index (χ0) is 10.3. The molecule has 4 nitrogen and oxygen atoms in total. The molecular weight excluding hydrogens is 188 g/mol. The molecule has 0 aliphatic rings. The molecule has 0 spiro atoms. The third-order valence-electron chi connectivity index (χ3n) is 2.39. The van der Waals surface area contributed by atoms with E-state index in [-0.39, 0.29) is 0 Å². The van der Waals surface area contributed by atoms with E-state index in [4.69, 9.17) is 5.26 Å². The van der Waals surface area contributed by atoms with Gasteiger partial charge in [-0.2, -0.15) is 5.26 Å². The molecule has 3 rings (SSSR count). The first-order valence-corrected chi connectivity index (χ1v) is 4.51. The molecule has 4 heteroatoms. The molecule has 2 aromatic heterocycles. The fourth-order valence-corrected chi connectivity index (χ4v) is 1.72. The van der Waals surface area contributed by atoms with Gasteiger partial charge in [-0.05, 0) is 6.07 Å². The number of nitrogens with zero attached hydrogens (tertiary/aromatic N) is 4. The number of rotatable bonds is 0. The van der Waals surface area contributed by atoms with Gasteiger partial charge in [0.1, 0.15) is 11.8 Å². The molecule has 0 saturated heterocycles. The second kappa shape index (κ2) is 2.79. The van der Waals surface area contributed by atoms with Gasteiger partial charge in [0.25, 0.3) is 0 Å². The van der Waals surface area contributed by atoms with Crippen molar-refractivity contribution in [2.24, 2.45) is 0 Å². The Kier molecular flexibility index (Phi) is 1.48. The van der Waals surface area contributed by atoms with Crippen molar-refractivity contribution in [2.75, 3.05) is 0 Å². The van der Waals surface area contributed by atoms with E-state index < -0.39 is 0 Å². The maximum atomic E-state index is 8.94. The van der Waals surface area contributed by atoms with Crippen LogP contribution in [0.5, 0.6) is 0 Å². The minimum atomic E-state index is 0.746. The molecule has 0 aliphatic heterocycles. The van der Waals surface area contributed by atoms with Crippen molar-refractivity contribution in [3.63, 3.8) is 0 Å². The highest BCUT2D eigenvalue weighted by Gasteiger charge is 2.06. The minimum Gasteiger partial charge on any atom is -0.254 e. The molecule has 0 saturated carbocycles. The standard InChI is InChI=1S/C11H6N4/c12-6-15-7-14-10-5-13-9-4-2-1-3-8(9)11(10)15/h1-5,7H. The van der Waals surface area contributed by atoms with Gasteiger partial charge in [0, 0.05) is 5.39 Å². The molecule has 0 amide bonds. The Hall–Kier alpha value is -2.41. The largest absolute Gasteiger partial charge is 0.254 e. The third-order valence-corrected chi connectivity index (χ3v) is 2.39. The van der Waals surface area contributed by atoms with Crippen LogP contribution in [-0.2, 0) is 0 Å². The van der Waals surface area contributed by atoms with Crippen molar-refractivity contribution in [2.45, 2.75) is 0 Å². The van der Waals surface area contributed by atoms with Gasteiger partial charge in [-0.3, -0.25) is 4.98 Å². The van der Waals surface area contributed by atoms with E-state index in [1.54, 1.807) is 6.20 Å². The summed E-state index contributed by atoms with van der Waals surface area (Å²) in [6.07, 6.45) is 5.27. The van der Waals surface area contributed by atoms with E-state index in [1.807, 2.05) is 24.3 Å². The monoisotopic (exact) mass is 194 g/mol. The van der Waals surface area contributed by atoms with Gasteiger partial charge in [0.15, 0.2) is 6.19 Å². The van der Waals surface area contributed by atoms with E-state index in [2.05, 4.69) is 16.2 Å². The van der Waals surface area contributed by atoms with Gasteiger partial charge >= 0.3 is 0 Å². The normalized spacial score (nSPS) is 10.6. The summed E-state index contributed by atoms with van der Waals surface area (Å²) in [5, 5.41) is 9.89. The Morgan fingerprint density at radius 2 is 2.00 bits per heavy atom. The van der Waals surface area contributed by atoms with E-state index >= 15 is 0 Å². The van der Waals surface area contributed by atoms with Crippen LogP contribution in [0.3, 0.4) is 0 Å². The SMILES string of the molecule is N#Cn1cnc2cnc3ccccc3c21. The second-order valence-corrected chi connectivity index (χ2v) is 3.22. The Morgan fingerprint density at radius 3 is 2.87 bits per heavy atom. The average molecular weight is 194 g/mol. The number of imidazole rings is 1. The van der Waals surface area contributed by atoms with Crippen LogP contribution in [0.1, 0.15) is 0 Å². The smallest absolute Gasteiger partial charge is 0.190 e. The first kappa shape index (κ1) is 7.94. The topological polar surface area (TPSA) is 54.5 Å². The number of pyridine rings is 1. The second-order valence-electron chi connectivity index (χ2n) is 3.22. The van der Waals surface area contributed by atoms with Gasteiger partial charge in [-0.15, -0.1) is 0 Å². The molecule has 0 aliphatic carbocycles. The van der Waals surface area contributed by atoms with Crippen LogP contribution in [0.2, 0.25) is 0 Å². The first-order valence-electron chi connectivity index (χ1n) is 4.51. The maximum absolute atomic E-state index is 8.94. The van der Waals surface area contributed by atoms with E-state index in [9.17, 15) is 0 Å². The van der Waals surface area contributed by atoms with Gasteiger partial charge in [0.05, 0.1) is 17.2 Å². The number of nitriles is 1. The summed E-state index contributed by atoms with van der Waals surface area (Å²) >= 11 is 0. The van der Waals surface area contributed by atoms with Crippen molar-refractivity contribution in [1.29, 1.82) is 5.26 Å². The summed E-state index contributed by atoms with van der Waals surface area (Å²) in [5.41, 5.74) is 2.44. The fraction of sp³-hybridized carbons (Fsp3) is 0.